The zero-order valence-electron chi connectivity index (χ0n) is 6.24. The zero-order valence-corrected chi connectivity index (χ0v) is 6.24. The van der Waals surface area contributed by atoms with E-state index in [1.54, 1.807) is 7.11 Å². The van der Waals surface area contributed by atoms with Crippen molar-refractivity contribution >= 4 is 6.21 Å². The van der Waals surface area contributed by atoms with E-state index in [0.717, 1.165) is 11.3 Å². The Morgan fingerprint density at radius 3 is 2.45 bits per heavy atom. The Kier molecular flexibility index (Phi) is 2.49. The van der Waals surface area contributed by atoms with Crippen molar-refractivity contribution < 1.29 is 4.74 Å². The van der Waals surface area contributed by atoms with E-state index < -0.39 is 0 Å². The molecule has 0 spiro atoms. The third-order valence-electron chi connectivity index (χ3n) is 1.33. The average molecular weight is 149 g/mol. The predicted molar refractivity (Wildman–Crippen MR) is 43.7 cm³/mol. The lowest BCUT2D eigenvalue weighted by Crippen LogP contribution is -1.84. The first-order valence-corrected chi connectivity index (χ1v) is 3.20. The zero-order chi connectivity index (χ0) is 8.10. The highest BCUT2D eigenvalue weighted by molar-refractivity contribution is 5.79. The van der Waals surface area contributed by atoms with Gasteiger partial charge in [0.15, 0.2) is 0 Å². The number of benzene rings is 1. The molecule has 1 aromatic carbocycles. The SMILES string of the molecule is COc1ccc(/C=N/[NH])cc1. The Morgan fingerprint density at radius 2 is 2.00 bits per heavy atom. The molecule has 3 heteroatoms. The second-order valence-electron chi connectivity index (χ2n) is 2.03. The maximum atomic E-state index is 6.58. The molecule has 0 aliphatic heterocycles. The van der Waals surface area contributed by atoms with Crippen LogP contribution in [0.3, 0.4) is 0 Å². The maximum Gasteiger partial charge on any atom is 0.118 e. The van der Waals surface area contributed by atoms with Gasteiger partial charge in [-0.25, -0.2) is 5.84 Å². The van der Waals surface area contributed by atoms with Crippen molar-refractivity contribution in [2.24, 2.45) is 5.10 Å². The maximum absolute atomic E-state index is 6.58. The molecule has 0 unspecified atom stereocenters. The molecule has 0 atom stereocenters. The van der Waals surface area contributed by atoms with Crippen molar-refractivity contribution in [2.75, 3.05) is 7.11 Å². The van der Waals surface area contributed by atoms with E-state index >= 15 is 0 Å². The van der Waals surface area contributed by atoms with Crippen LogP contribution in [0.4, 0.5) is 0 Å². The molecule has 0 aromatic heterocycles. The van der Waals surface area contributed by atoms with Gasteiger partial charge in [-0.1, -0.05) is 0 Å². The standard InChI is InChI=1S/C8H9N2O/c1-11-8-4-2-7(3-5-8)6-10-9/h2-6,9H,1H3/b10-6+. The highest BCUT2D eigenvalue weighted by Crippen LogP contribution is 2.09. The van der Waals surface area contributed by atoms with Crippen LogP contribution in [-0.4, -0.2) is 13.3 Å². The van der Waals surface area contributed by atoms with Crippen LogP contribution in [0.1, 0.15) is 5.56 Å². The summed E-state index contributed by atoms with van der Waals surface area (Å²) < 4.78 is 4.96. The minimum atomic E-state index is 0.812. The number of nitrogens with zero attached hydrogens (tertiary/aromatic N) is 1. The molecule has 1 radical (unpaired) electrons. The lowest BCUT2D eigenvalue weighted by molar-refractivity contribution is 0.415. The van der Waals surface area contributed by atoms with Gasteiger partial charge in [-0.2, -0.15) is 5.10 Å². The molecule has 0 heterocycles. The molecule has 0 aliphatic rings. The predicted octanol–water partition coefficient (Wildman–Crippen LogP) is 1.31. The van der Waals surface area contributed by atoms with Crippen molar-refractivity contribution in [3.05, 3.63) is 29.8 Å². The van der Waals surface area contributed by atoms with Gasteiger partial charge in [0.05, 0.1) is 13.3 Å². The number of rotatable bonds is 2. The van der Waals surface area contributed by atoms with Crippen molar-refractivity contribution in [1.29, 1.82) is 0 Å². The lowest BCUT2D eigenvalue weighted by Gasteiger charge is -1.97. The lowest BCUT2D eigenvalue weighted by atomic mass is 10.2. The summed E-state index contributed by atoms with van der Waals surface area (Å²) in [5.74, 6) is 7.39. The summed E-state index contributed by atoms with van der Waals surface area (Å²) in [6, 6.07) is 7.35. The summed E-state index contributed by atoms with van der Waals surface area (Å²) in [4.78, 5) is 0. The average Bonchev–Trinajstić information content (AvgIpc) is 2.07. The fourth-order valence-corrected chi connectivity index (χ4v) is 0.765. The molecule has 0 aliphatic carbocycles. The van der Waals surface area contributed by atoms with Gasteiger partial charge in [0.2, 0.25) is 0 Å². The van der Waals surface area contributed by atoms with Crippen LogP contribution in [-0.2, 0) is 0 Å². The van der Waals surface area contributed by atoms with Crippen LogP contribution >= 0.6 is 0 Å². The van der Waals surface area contributed by atoms with Crippen molar-refractivity contribution in [1.82, 2.24) is 5.84 Å². The Morgan fingerprint density at radius 1 is 1.36 bits per heavy atom. The molecule has 1 aromatic rings. The van der Waals surface area contributed by atoms with Crippen LogP contribution in [0, 0.1) is 0 Å². The largest absolute Gasteiger partial charge is 0.497 e. The van der Waals surface area contributed by atoms with Crippen LogP contribution in [0.5, 0.6) is 5.75 Å². The fourth-order valence-electron chi connectivity index (χ4n) is 0.765. The summed E-state index contributed by atoms with van der Waals surface area (Å²) in [6.45, 7) is 0. The summed E-state index contributed by atoms with van der Waals surface area (Å²) >= 11 is 0. The van der Waals surface area contributed by atoms with Crippen LogP contribution in [0.15, 0.2) is 29.4 Å². The fraction of sp³-hybridized carbons (Fsp3) is 0.125. The van der Waals surface area contributed by atoms with Gasteiger partial charge in [0, 0.05) is 0 Å². The minimum absolute atomic E-state index is 0.812. The first kappa shape index (κ1) is 7.60. The summed E-state index contributed by atoms with van der Waals surface area (Å²) in [6.07, 6.45) is 1.47. The smallest absolute Gasteiger partial charge is 0.118 e. The molecule has 0 bridgehead atoms. The van der Waals surface area contributed by atoms with E-state index in [-0.39, 0.29) is 0 Å². The van der Waals surface area contributed by atoms with Crippen molar-refractivity contribution in [3.8, 4) is 5.75 Å². The van der Waals surface area contributed by atoms with Gasteiger partial charge < -0.3 is 4.74 Å². The Balaban J connectivity index is 2.82. The summed E-state index contributed by atoms with van der Waals surface area (Å²) in [5, 5.41) is 3.15. The summed E-state index contributed by atoms with van der Waals surface area (Å²) in [5.41, 5.74) is 0.904. The summed E-state index contributed by atoms with van der Waals surface area (Å²) in [7, 11) is 1.62. The molecule has 11 heavy (non-hydrogen) atoms. The van der Waals surface area contributed by atoms with E-state index in [1.165, 1.54) is 6.21 Å². The first-order valence-electron chi connectivity index (χ1n) is 3.20. The molecule has 0 saturated carbocycles. The molecule has 0 amide bonds. The van der Waals surface area contributed by atoms with Gasteiger partial charge >= 0.3 is 0 Å². The minimum Gasteiger partial charge on any atom is -0.497 e. The van der Waals surface area contributed by atoms with Gasteiger partial charge in [-0.3, -0.25) is 0 Å². The molecule has 0 fully saturated rings. The molecule has 3 nitrogen and oxygen atoms in total. The van der Waals surface area contributed by atoms with E-state index in [9.17, 15) is 0 Å². The number of methoxy groups -OCH3 is 1. The van der Waals surface area contributed by atoms with Gasteiger partial charge in [0.25, 0.3) is 0 Å². The number of ether oxygens (including phenoxy) is 1. The van der Waals surface area contributed by atoms with Crippen LogP contribution in [0.2, 0.25) is 0 Å². The highest BCUT2D eigenvalue weighted by atomic mass is 16.5. The molecule has 57 valence electrons. The van der Waals surface area contributed by atoms with Gasteiger partial charge in [0.1, 0.15) is 5.75 Å². The quantitative estimate of drug-likeness (QED) is 0.462. The molecular weight excluding hydrogens is 140 g/mol. The van der Waals surface area contributed by atoms with Gasteiger partial charge in [-0.05, 0) is 29.8 Å². The monoisotopic (exact) mass is 149 g/mol. The van der Waals surface area contributed by atoms with E-state index in [4.69, 9.17) is 10.6 Å². The van der Waals surface area contributed by atoms with Crippen LogP contribution < -0.4 is 10.6 Å². The third kappa shape index (κ3) is 1.97. The number of hydrogen-bond acceptors (Lipinski definition) is 2. The Hall–Kier alpha value is -1.51. The topological polar surface area (TPSA) is 45.4 Å². The highest BCUT2D eigenvalue weighted by Gasteiger charge is 1.89. The van der Waals surface area contributed by atoms with Crippen molar-refractivity contribution in [3.63, 3.8) is 0 Å². The van der Waals surface area contributed by atoms with Gasteiger partial charge in [-0.15, -0.1) is 0 Å². The molecule has 0 saturated heterocycles. The van der Waals surface area contributed by atoms with E-state index in [1.807, 2.05) is 24.3 Å². The molecule has 1 rings (SSSR count). The third-order valence-corrected chi connectivity index (χ3v) is 1.33. The van der Waals surface area contributed by atoms with Crippen molar-refractivity contribution in [2.45, 2.75) is 0 Å². The Labute approximate surface area is 65.5 Å². The normalized spacial score (nSPS) is 10.3. The number of nitrogens with one attached hydrogen (secondary N) is 1. The van der Waals surface area contributed by atoms with Crippen LogP contribution in [0.25, 0.3) is 0 Å². The first-order chi connectivity index (χ1) is 5.36. The Bertz CT molecular complexity index is 241. The van der Waals surface area contributed by atoms with E-state index in [2.05, 4.69) is 5.10 Å². The number of hydrogen-bond donors (Lipinski definition) is 0. The van der Waals surface area contributed by atoms with E-state index in [0.29, 0.717) is 0 Å². The second kappa shape index (κ2) is 3.61. The second-order valence-corrected chi connectivity index (χ2v) is 2.03. The molecular formula is C8H9N2O. The molecule has 1 N–H and O–H groups in total.